The number of nitrogens with two attached hydrogens (primary N) is 1. The SMILES string of the molecule is CCc1c2c(nc3cc(N)ccc13)-c1cc3c(c(=O)n1C2)COC(=O)[C@]3(O)CC. The molecule has 7 heteroatoms. The Hall–Kier alpha value is -3.19. The van der Waals surface area contributed by atoms with Gasteiger partial charge in [0.25, 0.3) is 5.56 Å². The first-order valence-corrected chi connectivity index (χ1v) is 9.77. The van der Waals surface area contributed by atoms with Crippen LogP contribution < -0.4 is 11.3 Å². The van der Waals surface area contributed by atoms with E-state index in [1.807, 2.05) is 18.2 Å². The minimum absolute atomic E-state index is 0.122. The third-order valence-corrected chi connectivity index (χ3v) is 6.18. The van der Waals surface area contributed by atoms with E-state index in [0.29, 0.717) is 34.7 Å². The van der Waals surface area contributed by atoms with Gasteiger partial charge in [-0.3, -0.25) is 4.79 Å². The minimum atomic E-state index is -1.82. The van der Waals surface area contributed by atoms with Gasteiger partial charge in [-0.15, -0.1) is 0 Å². The third-order valence-electron chi connectivity index (χ3n) is 6.18. The maximum Gasteiger partial charge on any atom is 0.343 e. The molecule has 4 heterocycles. The Bertz CT molecular complexity index is 1280. The standard InChI is InChI=1S/C22H21N3O4/c1-3-12-13-6-5-11(23)7-17(13)24-19-14(12)9-25-18(19)8-16-15(20(25)26)10-29-21(27)22(16,28)4-2/h5-8,28H,3-4,9-10,23H2,1-2H3/t22-/m0/s1. The lowest BCUT2D eigenvalue weighted by Gasteiger charge is -2.31. The van der Waals surface area contributed by atoms with Crippen molar-refractivity contribution in [2.75, 3.05) is 5.73 Å². The van der Waals surface area contributed by atoms with Gasteiger partial charge in [-0.1, -0.05) is 19.9 Å². The number of carbonyl (C=O) groups is 1. The zero-order valence-electron chi connectivity index (χ0n) is 16.3. The van der Waals surface area contributed by atoms with E-state index in [1.54, 1.807) is 17.6 Å². The average Bonchev–Trinajstić information content (AvgIpc) is 3.08. The highest BCUT2D eigenvalue weighted by atomic mass is 16.6. The normalized spacial score (nSPS) is 19.6. The third kappa shape index (κ3) is 2.25. The molecule has 0 saturated heterocycles. The summed E-state index contributed by atoms with van der Waals surface area (Å²) in [5, 5.41) is 12.0. The quantitative estimate of drug-likeness (QED) is 0.401. The van der Waals surface area contributed by atoms with Crippen LogP contribution in [-0.4, -0.2) is 20.6 Å². The van der Waals surface area contributed by atoms with E-state index in [0.717, 1.165) is 28.5 Å². The highest BCUT2D eigenvalue weighted by Crippen LogP contribution is 2.40. The van der Waals surface area contributed by atoms with Gasteiger partial charge >= 0.3 is 5.97 Å². The van der Waals surface area contributed by atoms with E-state index >= 15 is 0 Å². The van der Waals surface area contributed by atoms with Crippen molar-refractivity contribution in [2.45, 2.75) is 45.4 Å². The van der Waals surface area contributed by atoms with E-state index in [4.69, 9.17) is 15.5 Å². The molecule has 0 amide bonds. The zero-order chi connectivity index (χ0) is 20.5. The van der Waals surface area contributed by atoms with E-state index in [-0.39, 0.29) is 18.6 Å². The zero-order valence-corrected chi connectivity index (χ0v) is 16.3. The second-order valence-electron chi connectivity index (χ2n) is 7.65. The fourth-order valence-corrected chi connectivity index (χ4v) is 4.59. The minimum Gasteiger partial charge on any atom is -0.458 e. The van der Waals surface area contributed by atoms with Crippen LogP contribution >= 0.6 is 0 Å². The smallest absolute Gasteiger partial charge is 0.343 e. The molecule has 0 bridgehead atoms. The summed E-state index contributed by atoms with van der Waals surface area (Å²) in [6, 6.07) is 7.38. The molecule has 0 saturated carbocycles. The number of aryl methyl sites for hydroxylation is 1. The average molecular weight is 391 g/mol. The van der Waals surface area contributed by atoms with Crippen molar-refractivity contribution in [1.29, 1.82) is 0 Å². The van der Waals surface area contributed by atoms with Gasteiger partial charge in [0.15, 0.2) is 5.60 Å². The first kappa shape index (κ1) is 17.9. The fraction of sp³-hybridized carbons (Fsp3) is 0.318. The predicted octanol–water partition coefficient (Wildman–Crippen LogP) is 2.22. The number of nitrogens with zero attached hydrogens (tertiary/aromatic N) is 2. The number of benzene rings is 1. The van der Waals surface area contributed by atoms with E-state index in [9.17, 15) is 14.7 Å². The number of hydrogen-bond donors (Lipinski definition) is 2. The molecule has 3 N–H and O–H groups in total. The maximum absolute atomic E-state index is 13.2. The Morgan fingerprint density at radius 2 is 2.03 bits per heavy atom. The first-order valence-electron chi connectivity index (χ1n) is 9.77. The van der Waals surface area contributed by atoms with Crippen LogP contribution in [0.5, 0.6) is 0 Å². The molecule has 3 aromatic rings. The topological polar surface area (TPSA) is 107 Å². The molecule has 0 radical (unpaired) electrons. The van der Waals surface area contributed by atoms with Crippen molar-refractivity contribution in [3.8, 4) is 11.4 Å². The highest BCUT2D eigenvalue weighted by molar-refractivity contribution is 5.90. The van der Waals surface area contributed by atoms with Crippen LogP contribution in [0.25, 0.3) is 22.3 Å². The van der Waals surface area contributed by atoms with E-state index in [1.165, 1.54) is 0 Å². The number of carbonyl (C=O) groups excluding carboxylic acids is 1. The lowest BCUT2D eigenvalue weighted by atomic mass is 9.86. The van der Waals surface area contributed by atoms with Crippen molar-refractivity contribution in [2.24, 2.45) is 0 Å². The lowest BCUT2D eigenvalue weighted by molar-refractivity contribution is -0.172. The number of fused-ring (bicyclic) bond motifs is 5. The molecule has 2 aliphatic rings. The van der Waals surface area contributed by atoms with Crippen LogP contribution in [0, 0.1) is 0 Å². The highest BCUT2D eigenvalue weighted by Gasteiger charge is 2.45. The lowest BCUT2D eigenvalue weighted by Crippen LogP contribution is -2.44. The van der Waals surface area contributed by atoms with Crippen LogP contribution in [0.4, 0.5) is 5.69 Å². The van der Waals surface area contributed by atoms with Gasteiger partial charge in [0.2, 0.25) is 0 Å². The van der Waals surface area contributed by atoms with Gasteiger partial charge in [0, 0.05) is 22.2 Å². The number of aliphatic hydroxyl groups is 1. The van der Waals surface area contributed by atoms with Gasteiger partial charge in [-0.2, -0.15) is 0 Å². The van der Waals surface area contributed by atoms with Gasteiger partial charge in [-0.25, -0.2) is 9.78 Å². The summed E-state index contributed by atoms with van der Waals surface area (Å²) >= 11 is 0. The molecule has 5 rings (SSSR count). The molecule has 0 unspecified atom stereocenters. The van der Waals surface area contributed by atoms with Crippen molar-refractivity contribution >= 4 is 22.6 Å². The Labute approximate surface area is 166 Å². The Balaban J connectivity index is 1.84. The molecule has 0 aliphatic carbocycles. The number of rotatable bonds is 2. The van der Waals surface area contributed by atoms with Gasteiger partial charge in [0.1, 0.15) is 6.61 Å². The van der Waals surface area contributed by atoms with Gasteiger partial charge in [0.05, 0.1) is 29.0 Å². The summed E-state index contributed by atoms with van der Waals surface area (Å²) in [7, 11) is 0. The van der Waals surface area contributed by atoms with Crippen LogP contribution in [0.3, 0.4) is 0 Å². The van der Waals surface area contributed by atoms with Crippen LogP contribution in [0.1, 0.15) is 42.5 Å². The Morgan fingerprint density at radius 1 is 1.24 bits per heavy atom. The van der Waals surface area contributed by atoms with Gasteiger partial charge in [-0.05, 0) is 36.6 Å². The molecule has 148 valence electrons. The number of cyclic esters (lactones) is 1. The monoisotopic (exact) mass is 391 g/mol. The Kier molecular flexibility index (Phi) is 3.64. The number of hydrogen-bond acceptors (Lipinski definition) is 6. The second-order valence-corrected chi connectivity index (χ2v) is 7.65. The van der Waals surface area contributed by atoms with Crippen molar-refractivity contribution in [3.05, 3.63) is 56.9 Å². The number of anilines is 1. The number of esters is 1. The maximum atomic E-state index is 13.2. The molecule has 2 aromatic heterocycles. The number of pyridine rings is 2. The van der Waals surface area contributed by atoms with E-state index < -0.39 is 11.6 Å². The molecule has 2 aliphatic heterocycles. The molecule has 29 heavy (non-hydrogen) atoms. The van der Waals surface area contributed by atoms with Crippen LogP contribution in [0.2, 0.25) is 0 Å². The molecular formula is C22H21N3O4. The predicted molar refractivity (Wildman–Crippen MR) is 108 cm³/mol. The number of ether oxygens (including phenoxy) is 1. The van der Waals surface area contributed by atoms with Crippen molar-refractivity contribution in [1.82, 2.24) is 9.55 Å². The number of nitrogen functional groups attached to an aromatic ring is 1. The largest absolute Gasteiger partial charge is 0.458 e. The summed E-state index contributed by atoms with van der Waals surface area (Å²) in [6.45, 7) is 4.05. The molecular weight excluding hydrogens is 370 g/mol. The summed E-state index contributed by atoms with van der Waals surface area (Å²) in [5.41, 5.74) is 9.38. The molecule has 1 aromatic carbocycles. The molecule has 0 spiro atoms. The number of aromatic nitrogens is 2. The van der Waals surface area contributed by atoms with Crippen LogP contribution in [0.15, 0.2) is 29.1 Å². The van der Waals surface area contributed by atoms with Crippen molar-refractivity contribution < 1.29 is 14.6 Å². The van der Waals surface area contributed by atoms with Gasteiger partial charge < -0.3 is 20.1 Å². The fourth-order valence-electron chi connectivity index (χ4n) is 4.59. The summed E-state index contributed by atoms with van der Waals surface area (Å²) in [4.78, 5) is 30.3. The van der Waals surface area contributed by atoms with E-state index in [2.05, 4.69) is 6.92 Å². The molecule has 7 nitrogen and oxygen atoms in total. The molecule has 0 fully saturated rings. The van der Waals surface area contributed by atoms with Crippen molar-refractivity contribution in [3.63, 3.8) is 0 Å². The first-order chi connectivity index (χ1) is 13.9. The summed E-state index contributed by atoms with van der Waals surface area (Å²) in [5.74, 6) is -0.719. The summed E-state index contributed by atoms with van der Waals surface area (Å²) < 4.78 is 6.78. The second kappa shape index (κ2) is 5.90. The van der Waals surface area contributed by atoms with Crippen LogP contribution in [-0.2, 0) is 34.7 Å². The molecule has 1 atom stereocenters. The Morgan fingerprint density at radius 3 is 2.76 bits per heavy atom. The summed E-state index contributed by atoms with van der Waals surface area (Å²) in [6.07, 6.45) is 0.907.